The Morgan fingerprint density at radius 2 is 1.80 bits per heavy atom. The highest BCUT2D eigenvalue weighted by Gasteiger charge is 2.17. The molecule has 0 atom stereocenters. The molecule has 1 aromatic rings. The number of carbonyl (C=O) groups excluding carboxylic acids is 1. The molecule has 0 unspecified atom stereocenters. The minimum Gasteiger partial charge on any atom is -0.268 e. The third-order valence-corrected chi connectivity index (χ3v) is 2.46. The van der Waals surface area contributed by atoms with Crippen molar-refractivity contribution in [1.29, 1.82) is 0 Å². The molecular weight excluding hydrogens is 214 g/mol. The van der Waals surface area contributed by atoms with Crippen molar-refractivity contribution < 1.29 is 13.2 Å². The molecule has 5 heteroatoms. The van der Waals surface area contributed by atoms with E-state index in [-0.39, 0.29) is 5.57 Å². The number of nitrogens with zero attached hydrogens (tertiary/aromatic N) is 1. The second-order valence-corrected chi connectivity index (χ2v) is 3.85. The largest absolute Gasteiger partial charge is 0.268 e. The van der Waals surface area contributed by atoms with Crippen LogP contribution in [0.15, 0.2) is 42.5 Å². The first-order valence-electron chi connectivity index (χ1n) is 4.23. The minimum atomic E-state index is -2.99. The number of amides is 1. The number of anilines is 1. The van der Waals surface area contributed by atoms with Gasteiger partial charge in [0.15, 0.2) is 0 Å². The second kappa shape index (κ2) is 4.75. The maximum atomic E-state index is 11.5. The third kappa shape index (κ3) is 2.66. The smallest absolute Gasteiger partial charge is 0.266 e. The van der Waals surface area contributed by atoms with Crippen LogP contribution in [-0.2, 0) is 15.7 Å². The lowest BCUT2D eigenvalue weighted by Crippen LogP contribution is -2.29. The first-order valence-corrected chi connectivity index (χ1v) is 5.36. The number of hydrogen-bond donors (Lipinski definition) is 1. The fourth-order valence-electron chi connectivity index (χ4n) is 1.04. The summed E-state index contributed by atoms with van der Waals surface area (Å²) >= 11 is 0. The lowest BCUT2D eigenvalue weighted by molar-refractivity contribution is -0.113. The average molecular weight is 225 g/mol. The number of benzene rings is 1. The summed E-state index contributed by atoms with van der Waals surface area (Å²) in [6.45, 7) is 4.89. The Kier molecular flexibility index (Phi) is 3.62. The Bertz CT molecular complexity index is 443. The topological polar surface area (TPSA) is 54.5 Å². The highest BCUT2D eigenvalue weighted by molar-refractivity contribution is 7.75. The van der Waals surface area contributed by atoms with Gasteiger partial charge in [-0.1, -0.05) is 24.8 Å². The maximum Gasteiger partial charge on any atom is 0.266 e. The summed E-state index contributed by atoms with van der Waals surface area (Å²) in [5, 5.41) is 0. The predicted octanol–water partition coefficient (Wildman–Crippen LogP) is 1.12. The molecule has 1 amide bonds. The van der Waals surface area contributed by atoms with E-state index in [0.717, 1.165) is 0 Å². The van der Waals surface area contributed by atoms with Gasteiger partial charge in [-0.2, -0.15) is 0 Å². The molecule has 0 spiro atoms. The molecule has 0 saturated carbocycles. The van der Waals surface area contributed by atoms with Gasteiger partial charge in [0, 0.05) is 5.57 Å². The highest BCUT2D eigenvalue weighted by atomic mass is 32.2. The summed E-state index contributed by atoms with van der Waals surface area (Å²) in [6.07, 6.45) is 0. The quantitative estimate of drug-likeness (QED) is 0.619. The van der Waals surface area contributed by atoms with E-state index >= 15 is 0 Å². The Morgan fingerprint density at radius 3 is 2.20 bits per heavy atom. The monoisotopic (exact) mass is 225 g/mol. The van der Waals surface area contributed by atoms with Gasteiger partial charge in [0.25, 0.3) is 5.91 Å². The van der Waals surface area contributed by atoms with Gasteiger partial charge in [-0.25, -0.2) is 12.7 Å². The van der Waals surface area contributed by atoms with Crippen molar-refractivity contribution in [2.24, 2.45) is 0 Å². The second-order valence-electron chi connectivity index (χ2n) is 2.97. The highest BCUT2D eigenvalue weighted by Crippen LogP contribution is 2.15. The van der Waals surface area contributed by atoms with Gasteiger partial charge in [-0.05, 0) is 19.1 Å². The Hall–Kier alpha value is -1.62. The lowest BCUT2D eigenvalue weighted by Gasteiger charge is -2.15. The van der Waals surface area contributed by atoms with Gasteiger partial charge < -0.3 is 0 Å². The van der Waals surface area contributed by atoms with Crippen LogP contribution in [-0.4, -0.2) is 14.3 Å². The molecule has 0 N–H and O–H groups in total. The molecule has 0 radical (unpaired) electrons. The summed E-state index contributed by atoms with van der Waals surface area (Å²) in [7, 11) is -2.99. The number of para-hydroxylation sites is 1. The molecule has 80 valence electrons. The van der Waals surface area contributed by atoms with E-state index in [1.165, 1.54) is 6.92 Å². The van der Waals surface area contributed by atoms with Crippen molar-refractivity contribution in [3.63, 3.8) is 0 Å². The summed E-state index contributed by atoms with van der Waals surface area (Å²) in [5.41, 5.74) is 0.500. The molecule has 0 saturated heterocycles. The molecule has 0 aromatic heterocycles. The van der Waals surface area contributed by atoms with Crippen molar-refractivity contribution in [3.8, 4) is 0 Å². The Labute approximate surface area is 89.9 Å². The molecule has 1 aromatic carbocycles. The standard InChI is InChI=1S/C10H11NO3S/c1-8(2)10(12)11(15(13)14)9-6-4-3-5-7-9/h3-7,15H,1H2,2H3. The van der Waals surface area contributed by atoms with E-state index in [9.17, 15) is 13.2 Å². The van der Waals surface area contributed by atoms with Crippen molar-refractivity contribution in [2.45, 2.75) is 6.92 Å². The molecule has 0 heterocycles. The molecule has 0 aliphatic heterocycles. The van der Waals surface area contributed by atoms with Gasteiger partial charge >= 0.3 is 0 Å². The van der Waals surface area contributed by atoms with Crippen LogP contribution in [0.3, 0.4) is 0 Å². The van der Waals surface area contributed by atoms with E-state index in [1.54, 1.807) is 30.3 Å². The van der Waals surface area contributed by atoms with Crippen LogP contribution in [0.4, 0.5) is 5.69 Å². The number of hydrogen-bond acceptors (Lipinski definition) is 3. The van der Waals surface area contributed by atoms with Crippen LogP contribution < -0.4 is 4.31 Å². The minimum absolute atomic E-state index is 0.179. The average Bonchev–Trinajstić information content (AvgIpc) is 2.18. The van der Waals surface area contributed by atoms with Gasteiger partial charge in [-0.3, -0.25) is 4.79 Å². The number of carbonyl (C=O) groups is 1. The van der Waals surface area contributed by atoms with Gasteiger partial charge in [0.05, 0.1) is 5.69 Å². The Balaban J connectivity index is 3.16. The van der Waals surface area contributed by atoms with Crippen LogP contribution in [0.25, 0.3) is 0 Å². The first-order chi connectivity index (χ1) is 7.04. The summed E-state index contributed by atoms with van der Waals surface area (Å²) in [4.78, 5) is 11.5. The van der Waals surface area contributed by atoms with Crippen LogP contribution in [0.1, 0.15) is 6.92 Å². The predicted molar refractivity (Wildman–Crippen MR) is 59.1 cm³/mol. The van der Waals surface area contributed by atoms with Crippen molar-refractivity contribution in [2.75, 3.05) is 4.31 Å². The van der Waals surface area contributed by atoms with Gasteiger partial charge in [-0.15, -0.1) is 0 Å². The van der Waals surface area contributed by atoms with E-state index < -0.39 is 16.8 Å². The Morgan fingerprint density at radius 1 is 1.27 bits per heavy atom. The van der Waals surface area contributed by atoms with Crippen LogP contribution in [0.5, 0.6) is 0 Å². The third-order valence-electron chi connectivity index (χ3n) is 1.72. The zero-order chi connectivity index (χ0) is 11.4. The number of thiol groups is 1. The van der Waals surface area contributed by atoms with E-state index in [1.807, 2.05) is 0 Å². The number of rotatable bonds is 3. The molecule has 0 bridgehead atoms. The van der Waals surface area contributed by atoms with Crippen molar-refractivity contribution in [1.82, 2.24) is 0 Å². The lowest BCUT2D eigenvalue weighted by atomic mass is 10.3. The molecule has 0 fully saturated rings. The molecule has 0 aliphatic rings. The fraction of sp³-hybridized carbons (Fsp3) is 0.100. The summed E-state index contributed by atoms with van der Waals surface area (Å²) < 4.78 is 22.6. The molecular formula is C10H11NO3S. The van der Waals surface area contributed by atoms with Crippen LogP contribution in [0.2, 0.25) is 0 Å². The van der Waals surface area contributed by atoms with Gasteiger partial charge in [0.1, 0.15) is 0 Å². The molecule has 0 aliphatic carbocycles. The summed E-state index contributed by atoms with van der Waals surface area (Å²) in [5.74, 6) is -0.614. The van der Waals surface area contributed by atoms with Crippen molar-refractivity contribution in [3.05, 3.63) is 42.5 Å². The fourth-order valence-corrected chi connectivity index (χ4v) is 1.68. The van der Waals surface area contributed by atoms with Crippen LogP contribution in [0, 0.1) is 0 Å². The first kappa shape index (κ1) is 11.5. The van der Waals surface area contributed by atoms with E-state index in [0.29, 0.717) is 9.99 Å². The molecule has 15 heavy (non-hydrogen) atoms. The van der Waals surface area contributed by atoms with Crippen LogP contribution >= 0.6 is 0 Å². The maximum absolute atomic E-state index is 11.5. The van der Waals surface area contributed by atoms with Crippen molar-refractivity contribution >= 4 is 22.5 Å². The van der Waals surface area contributed by atoms with E-state index in [4.69, 9.17) is 0 Å². The zero-order valence-corrected chi connectivity index (χ0v) is 9.11. The SMILES string of the molecule is C=C(C)C(=O)N(c1ccccc1)[SH](=O)=O. The zero-order valence-electron chi connectivity index (χ0n) is 8.21. The van der Waals surface area contributed by atoms with Gasteiger partial charge in [0.2, 0.25) is 10.9 Å². The normalized spacial score (nSPS) is 10.0. The van der Waals surface area contributed by atoms with E-state index in [2.05, 4.69) is 6.58 Å². The molecule has 1 rings (SSSR count). The molecule has 4 nitrogen and oxygen atoms in total. The summed E-state index contributed by atoms with van der Waals surface area (Å²) in [6, 6.07) is 8.16.